The van der Waals surface area contributed by atoms with E-state index in [4.69, 9.17) is 16.7 Å². The Labute approximate surface area is 110 Å². The minimum absolute atomic E-state index is 0.0319. The van der Waals surface area contributed by atoms with Crippen molar-refractivity contribution in [3.63, 3.8) is 0 Å². The second-order valence-corrected chi connectivity index (χ2v) is 4.92. The van der Waals surface area contributed by atoms with Crippen LogP contribution in [0.5, 0.6) is 0 Å². The lowest BCUT2D eigenvalue weighted by molar-refractivity contribution is 0.119. The van der Waals surface area contributed by atoms with Crippen molar-refractivity contribution in [2.24, 2.45) is 0 Å². The molecule has 0 aliphatic carbocycles. The molecule has 0 amide bonds. The summed E-state index contributed by atoms with van der Waals surface area (Å²) in [5.41, 5.74) is -2.98. The number of rotatable bonds is 6. The third-order valence-electron chi connectivity index (χ3n) is 2.27. The first-order valence-corrected chi connectivity index (χ1v) is 6.54. The van der Waals surface area contributed by atoms with Gasteiger partial charge in [0, 0.05) is 17.2 Å². The second kappa shape index (κ2) is 6.41. The maximum Gasteiger partial charge on any atom is 0.303 e. The number of halogens is 4. The summed E-state index contributed by atoms with van der Waals surface area (Å²) in [7, 11) is -0.335. The summed E-state index contributed by atoms with van der Waals surface area (Å²) in [6, 6.07) is 2.69. The largest absolute Gasteiger partial charge is 0.396 e. The van der Waals surface area contributed by atoms with Gasteiger partial charge in [-0.05, 0) is 26.8 Å². The van der Waals surface area contributed by atoms with Crippen LogP contribution in [0.2, 0.25) is 5.02 Å². The first-order valence-electron chi connectivity index (χ1n) is 5.08. The van der Waals surface area contributed by atoms with Crippen molar-refractivity contribution in [1.82, 2.24) is 0 Å². The number of nitrogens with one attached hydrogen (secondary N) is 1. The third kappa shape index (κ3) is 3.87. The number of aliphatic hydroxyl groups is 1. The molecule has 2 nitrogen and oxygen atoms in total. The molecule has 7 heteroatoms. The molecule has 0 radical (unpaired) electrons. The van der Waals surface area contributed by atoms with E-state index in [1.165, 1.54) is 12.1 Å². The van der Waals surface area contributed by atoms with Crippen molar-refractivity contribution in [3.8, 4) is 0 Å². The molecule has 0 aromatic heterocycles. The Morgan fingerprint density at radius 2 is 2.11 bits per heavy atom. The van der Waals surface area contributed by atoms with Gasteiger partial charge < -0.3 is 10.4 Å². The minimum atomic E-state index is -3.02. The molecule has 100 valence electrons. The molecule has 0 saturated carbocycles. The Balaban J connectivity index is 2.90. The first-order chi connectivity index (χ1) is 8.41. The van der Waals surface area contributed by atoms with E-state index in [1.54, 1.807) is 0 Å². The molecule has 2 N–H and O–H groups in total. The van der Waals surface area contributed by atoms with E-state index in [1.807, 2.05) is 0 Å². The Bertz CT molecular complexity index is 443. The van der Waals surface area contributed by atoms with E-state index >= 15 is 0 Å². The van der Waals surface area contributed by atoms with Crippen LogP contribution in [0.25, 0.3) is 0 Å². The van der Waals surface area contributed by atoms with Crippen molar-refractivity contribution in [2.45, 2.75) is 12.1 Å². The maximum absolute atomic E-state index is 13.9. The topological polar surface area (TPSA) is 32.3 Å². The number of aliphatic hydroxyl groups excluding tert-OH is 1. The van der Waals surface area contributed by atoms with Gasteiger partial charge >= 0.3 is 5.66 Å². The standard InChI is InChI=1S/C11H12ClF3NOP/c1-18-11(14,15)6-16-9-3-2-8(12)7(4-5-17)10(9)13/h2-3,16-17H,1,4-6H2. The van der Waals surface area contributed by atoms with E-state index in [2.05, 4.69) is 11.6 Å². The fourth-order valence-electron chi connectivity index (χ4n) is 1.33. The zero-order valence-corrected chi connectivity index (χ0v) is 11.0. The van der Waals surface area contributed by atoms with Gasteiger partial charge in [-0.3, -0.25) is 0 Å². The van der Waals surface area contributed by atoms with Crippen LogP contribution in [-0.2, 0) is 6.42 Å². The summed E-state index contributed by atoms with van der Waals surface area (Å²) in [6.07, 6.45) is 3.12. The van der Waals surface area contributed by atoms with Gasteiger partial charge in [0.2, 0.25) is 0 Å². The summed E-state index contributed by atoms with van der Waals surface area (Å²) >= 11 is 5.76. The summed E-state index contributed by atoms with van der Waals surface area (Å²) in [4.78, 5) is 0. The van der Waals surface area contributed by atoms with E-state index in [0.29, 0.717) is 0 Å². The molecule has 0 atom stereocenters. The Morgan fingerprint density at radius 3 is 2.67 bits per heavy atom. The van der Waals surface area contributed by atoms with E-state index in [9.17, 15) is 13.2 Å². The fraction of sp³-hybridized carbons (Fsp3) is 0.364. The molecule has 0 aliphatic rings. The molecule has 0 saturated heterocycles. The molecule has 1 rings (SSSR count). The number of anilines is 1. The molecule has 0 spiro atoms. The lowest BCUT2D eigenvalue weighted by Crippen LogP contribution is -2.21. The predicted molar refractivity (Wildman–Crippen MR) is 69.7 cm³/mol. The molecule has 0 bridgehead atoms. The van der Waals surface area contributed by atoms with Crippen LogP contribution in [0.4, 0.5) is 18.9 Å². The number of hydrogen-bond acceptors (Lipinski definition) is 2. The number of alkyl halides is 2. The maximum atomic E-state index is 13.9. The highest BCUT2D eigenvalue weighted by molar-refractivity contribution is 7.38. The summed E-state index contributed by atoms with van der Waals surface area (Å²) in [6.45, 7) is -0.983. The summed E-state index contributed by atoms with van der Waals surface area (Å²) in [5, 5.41) is 11.3. The van der Waals surface area contributed by atoms with Crippen LogP contribution in [-0.4, -0.2) is 30.2 Å². The van der Waals surface area contributed by atoms with Gasteiger partial charge in [0.25, 0.3) is 0 Å². The van der Waals surface area contributed by atoms with Crippen molar-refractivity contribution in [3.05, 3.63) is 28.5 Å². The summed E-state index contributed by atoms with van der Waals surface area (Å²) in [5.74, 6) is -0.715. The van der Waals surface area contributed by atoms with Gasteiger partial charge in [-0.25, -0.2) is 4.39 Å². The van der Waals surface area contributed by atoms with Gasteiger partial charge in [-0.15, -0.1) is 0 Å². The predicted octanol–water partition coefficient (Wildman–Crippen LogP) is 3.40. The van der Waals surface area contributed by atoms with E-state index in [-0.39, 0.29) is 37.5 Å². The van der Waals surface area contributed by atoms with Crippen LogP contribution in [0.3, 0.4) is 0 Å². The lowest BCUT2D eigenvalue weighted by atomic mass is 10.1. The lowest BCUT2D eigenvalue weighted by Gasteiger charge is -2.15. The fourth-order valence-corrected chi connectivity index (χ4v) is 1.76. The van der Waals surface area contributed by atoms with Gasteiger partial charge in [-0.2, -0.15) is 8.78 Å². The normalized spacial score (nSPS) is 11.8. The molecule has 1 aromatic rings. The monoisotopic (exact) mass is 297 g/mol. The molecule has 0 fully saturated rings. The quantitative estimate of drug-likeness (QED) is 0.789. The van der Waals surface area contributed by atoms with Crippen molar-refractivity contribution < 1.29 is 18.3 Å². The van der Waals surface area contributed by atoms with Crippen molar-refractivity contribution in [2.75, 3.05) is 18.5 Å². The molecular weight excluding hydrogens is 286 g/mol. The highest BCUT2D eigenvalue weighted by Crippen LogP contribution is 2.29. The first kappa shape index (κ1) is 15.3. The Hall–Kier alpha value is -0.770. The van der Waals surface area contributed by atoms with Gasteiger partial charge in [0.05, 0.1) is 12.2 Å². The second-order valence-electron chi connectivity index (χ2n) is 3.54. The molecule has 0 heterocycles. The highest BCUT2D eigenvalue weighted by atomic mass is 35.5. The zero-order valence-electron chi connectivity index (χ0n) is 9.39. The molecule has 0 aliphatic heterocycles. The number of hydrogen-bond donors (Lipinski definition) is 2. The van der Waals surface area contributed by atoms with E-state index < -0.39 is 18.0 Å². The Kier molecular flexibility index (Phi) is 5.45. The van der Waals surface area contributed by atoms with Crippen LogP contribution in [0.1, 0.15) is 5.56 Å². The Morgan fingerprint density at radius 1 is 1.44 bits per heavy atom. The molecule has 18 heavy (non-hydrogen) atoms. The number of benzene rings is 1. The molecule has 1 aromatic carbocycles. The van der Waals surface area contributed by atoms with Crippen LogP contribution < -0.4 is 5.32 Å². The van der Waals surface area contributed by atoms with Crippen molar-refractivity contribution >= 4 is 31.8 Å². The van der Waals surface area contributed by atoms with Crippen LogP contribution >= 0.6 is 19.8 Å². The van der Waals surface area contributed by atoms with Crippen LogP contribution in [0, 0.1) is 5.82 Å². The smallest absolute Gasteiger partial charge is 0.303 e. The van der Waals surface area contributed by atoms with Gasteiger partial charge in [-0.1, -0.05) is 17.9 Å². The summed E-state index contributed by atoms with van der Waals surface area (Å²) < 4.78 is 39.8. The third-order valence-corrected chi connectivity index (χ3v) is 3.25. The van der Waals surface area contributed by atoms with Crippen LogP contribution in [0.15, 0.2) is 12.1 Å². The average molecular weight is 298 g/mol. The molecular formula is C11H12ClF3NOP. The van der Waals surface area contributed by atoms with Gasteiger partial charge in [0.15, 0.2) is 5.82 Å². The minimum Gasteiger partial charge on any atom is -0.396 e. The average Bonchev–Trinajstić information content (AvgIpc) is 2.33. The van der Waals surface area contributed by atoms with Crippen molar-refractivity contribution in [1.29, 1.82) is 0 Å². The van der Waals surface area contributed by atoms with Gasteiger partial charge in [0.1, 0.15) is 0 Å². The zero-order chi connectivity index (χ0) is 13.8. The molecule has 0 unspecified atom stereocenters. The highest BCUT2D eigenvalue weighted by Gasteiger charge is 2.25. The SMILES string of the molecule is C=PC(F)(F)CNc1ccc(Cl)c(CCO)c1F. The van der Waals surface area contributed by atoms with E-state index in [0.717, 1.165) is 0 Å².